The molecule has 1 aliphatic carbocycles. The molecule has 2 heterocycles. The molecule has 1 N–H and O–H groups in total. The van der Waals surface area contributed by atoms with Crippen molar-refractivity contribution in [3.8, 4) is 0 Å². The molecule has 0 spiro atoms. The number of rotatable bonds is 3. The SMILES string of the molecule is CC1(NCc2cn3ccsc3n2)CCC1. The third-order valence-corrected chi connectivity index (χ3v) is 4.07. The molecule has 80 valence electrons. The first-order valence-corrected chi connectivity index (χ1v) is 6.29. The minimum absolute atomic E-state index is 0.372. The third kappa shape index (κ3) is 1.68. The third-order valence-electron chi connectivity index (χ3n) is 3.30. The standard InChI is InChI=1S/C11H15N3S/c1-11(3-2-4-11)12-7-9-8-14-5-6-15-10(14)13-9/h5-6,8,12H,2-4,7H2,1H3. The van der Waals surface area contributed by atoms with Gasteiger partial charge in [0.15, 0.2) is 4.96 Å². The smallest absolute Gasteiger partial charge is 0.193 e. The van der Waals surface area contributed by atoms with Crippen molar-refractivity contribution in [1.29, 1.82) is 0 Å². The van der Waals surface area contributed by atoms with Gasteiger partial charge in [-0.3, -0.25) is 4.40 Å². The van der Waals surface area contributed by atoms with Crippen LogP contribution in [-0.2, 0) is 6.54 Å². The molecule has 1 fully saturated rings. The Kier molecular flexibility index (Phi) is 2.07. The summed E-state index contributed by atoms with van der Waals surface area (Å²) in [4.78, 5) is 5.64. The Hall–Kier alpha value is -0.870. The predicted molar refractivity (Wildman–Crippen MR) is 62.2 cm³/mol. The number of nitrogens with zero attached hydrogens (tertiary/aromatic N) is 2. The maximum absolute atomic E-state index is 4.55. The number of nitrogens with one attached hydrogen (secondary N) is 1. The maximum atomic E-state index is 4.55. The molecule has 0 saturated heterocycles. The fourth-order valence-electron chi connectivity index (χ4n) is 2.05. The summed E-state index contributed by atoms with van der Waals surface area (Å²) >= 11 is 1.69. The molecule has 2 aromatic heterocycles. The molecule has 1 saturated carbocycles. The molecule has 0 aliphatic heterocycles. The van der Waals surface area contributed by atoms with E-state index in [1.807, 2.05) is 0 Å². The van der Waals surface area contributed by atoms with Crippen LogP contribution in [0.4, 0.5) is 0 Å². The second kappa shape index (κ2) is 3.32. The van der Waals surface area contributed by atoms with Gasteiger partial charge in [0.2, 0.25) is 0 Å². The fourth-order valence-corrected chi connectivity index (χ4v) is 2.77. The van der Waals surface area contributed by atoms with Crippen LogP contribution in [-0.4, -0.2) is 14.9 Å². The first kappa shape index (κ1) is 9.36. The average molecular weight is 221 g/mol. The summed E-state index contributed by atoms with van der Waals surface area (Å²) in [6.07, 6.45) is 8.13. The van der Waals surface area contributed by atoms with E-state index in [-0.39, 0.29) is 0 Å². The van der Waals surface area contributed by atoms with Gasteiger partial charge in [0.05, 0.1) is 5.69 Å². The highest BCUT2D eigenvalue weighted by Gasteiger charge is 2.30. The molecule has 1 aliphatic rings. The molecule has 0 atom stereocenters. The highest BCUT2D eigenvalue weighted by molar-refractivity contribution is 7.15. The van der Waals surface area contributed by atoms with Crippen molar-refractivity contribution in [2.75, 3.05) is 0 Å². The van der Waals surface area contributed by atoms with E-state index in [4.69, 9.17) is 0 Å². The quantitative estimate of drug-likeness (QED) is 0.862. The van der Waals surface area contributed by atoms with E-state index in [1.165, 1.54) is 19.3 Å². The number of imidazole rings is 1. The summed E-state index contributed by atoms with van der Waals surface area (Å²) in [6.45, 7) is 3.19. The molecule has 4 heteroatoms. The Balaban J connectivity index is 1.70. The van der Waals surface area contributed by atoms with Gasteiger partial charge in [-0.25, -0.2) is 4.98 Å². The van der Waals surface area contributed by atoms with Crippen LogP contribution in [0.5, 0.6) is 0 Å². The Bertz CT molecular complexity index is 438. The molecular formula is C11H15N3S. The van der Waals surface area contributed by atoms with Gasteiger partial charge in [0, 0.05) is 29.9 Å². The van der Waals surface area contributed by atoms with Gasteiger partial charge in [-0.15, -0.1) is 11.3 Å². The maximum Gasteiger partial charge on any atom is 0.193 e. The minimum atomic E-state index is 0.372. The number of thiazole rings is 1. The lowest BCUT2D eigenvalue weighted by molar-refractivity contribution is 0.206. The molecule has 3 rings (SSSR count). The summed E-state index contributed by atoms with van der Waals surface area (Å²) in [5, 5.41) is 5.65. The second-order valence-corrected chi connectivity index (χ2v) is 5.47. The summed E-state index contributed by atoms with van der Waals surface area (Å²) in [7, 11) is 0. The first-order chi connectivity index (χ1) is 7.25. The van der Waals surface area contributed by atoms with Crippen molar-refractivity contribution in [3.05, 3.63) is 23.5 Å². The van der Waals surface area contributed by atoms with Crippen molar-refractivity contribution in [1.82, 2.24) is 14.7 Å². The van der Waals surface area contributed by atoms with E-state index in [9.17, 15) is 0 Å². The van der Waals surface area contributed by atoms with E-state index in [0.717, 1.165) is 17.2 Å². The minimum Gasteiger partial charge on any atom is -0.306 e. The van der Waals surface area contributed by atoms with Crippen LogP contribution in [0.2, 0.25) is 0 Å². The molecule has 0 unspecified atom stereocenters. The van der Waals surface area contributed by atoms with E-state index < -0.39 is 0 Å². The molecular weight excluding hydrogens is 206 g/mol. The van der Waals surface area contributed by atoms with Crippen LogP contribution in [0, 0.1) is 0 Å². The van der Waals surface area contributed by atoms with E-state index >= 15 is 0 Å². The lowest BCUT2D eigenvalue weighted by Crippen LogP contribution is -2.47. The van der Waals surface area contributed by atoms with E-state index in [1.54, 1.807) is 11.3 Å². The average Bonchev–Trinajstić information content (AvgIpc) is 2.70. The molecule has 0 aromatic carbocycles. The second-order valence-electron chi connectivity index (χ2n) is 4.59. The number of aromatic nitrogens is 2. The van der Waals surface area contributed by atoms with Gasteiger partial charge in [0.25, 0.3) is 0 Å². The highest BCUT2D eigenvalue weighted by Crippen LogP contribution is 2.31. The Morgan fingerprint density at radius 3 is 3.13 bits per heavy atom. The first-order valence-electron chi connectivity index (χ1n) is 5.41. The normalized spacial score (nSPS) is 19.3. The predicted octanol–water partition coefficient (Wildman–Crippen LogP) is 2.43. The summed E-state index contributed by atoms with van der Waals surface area (Å²) in [5.74, 6) is 0. The lowest BCUT2D eigenvalue weighted by atomic mass is 9.78. The molecule has 3 nitrogen and oxygen atoms in total. The summed E-state index contributed by atoms with van der Waals surface area (Å²) in [5.41, 5.74) is 1.52. The van der Waals surface area contributed by atoms with Crippen molar-refractivity contribution < 1.29 is 0 Å². The van der Waals surface area contributed by atoms with Crippen LogP contribution in [0.25, 0.3) is 4.96 Å². The van der Waals surface area contributed by atoms with Crippen molar-refractivity contribution in [2.45, 2.75) is 38.3 Å². The number of hydrogen-bond acceptors (Lipinski definition) is 3. The van der Waals surface area contributed by atoms with E-state index in [0.29, 0.717) is 5.54 Å². The number of hydrogen-bond donors (Lipinski definition) is 1. The van der Waals surface area contributed by atoms with Gasteiger partial charge in [-0.05, 0) is 26.2 Å². The van der Waals surface area contributed by atoms with Gasteiger partial charge >= 0.3 is 0 Å². The van der Waals surface area contributed by atoms with Gasteiger partial charge in [-0.2, -0.15) is 0 Å². The van der Waals surface area contributed by atoms with Gasteiger partial charge in [-0.1, -0.05) is 0 Å². The lowest BCUT2D eigenvalue weighted by Gasteiger charge is -2.39. The van der Waals surface area contributed by atoms with Gasteiger partial charge < -0.3 is 5.32 Å². The molecule has 2 aromatic rings. The zero-order valence-corrected chi connectivity index (χ0v) is 9.68. The summed E-state index contributed by atoms with van der Waals surface area (Å²) in [6, 6.07) is 0. The zero-order chi connectivity index (χ0) is 10.3. The van der Waals surface area contributed by atoms with Crippen LogP contribution >= 0.6 is 11.3 Å². The Morgan fingerprint density at radius 2 is 2.47 bits per heavy atom. The van der Waals surface area contributed by atoms with Gasteiger partial charge in [0.1, 0.15) is 0 Å². The monoisotopic (exact) mass is 221 g/mol. The Labute approximate surface area is 93.1 Å². The van der Waals surface area contributed by atoms with Crippen LogP contribution in [0.1, 0.15) is 31.9 Å². The Morgan fingerprint density at radius 1 is 1.60 bits per heavy atom. The number of fused-ring (bicyclic) bond motifs is 1. The zero-order valence-electron chi connectivity index (χ0n) is 8.86. The largest absolute Gasteiger partial charge is 0.306 e. The summed E-state index contributed by atoms with van der Waals surface area (Å²) < 4.78 is 2.09. The topological polar surface area (TPSA) is 29.3 Å². The molecule has 0 bridgehead atoms. The molecule has 15 heavy (non-hydrogen) atoms. The van der Waals surface area contributed by atoms with Crippen molar-refractivity contribution in [3.63, 3.8) is 0 Å². The van der Waals surface area contributed by atoms with Crippen molar-refractivity contribution >= 4 is 16.3 Å². The van der Waals surface area contributed by atoms with Crippen LogP contribution in [0.3, 0.4) is 0 Å². The van der Waals surface area contributed by atoms with Crippen LogP contribution in [0.15, 0.2) is 17.8 Å². The highest BCUT2D eigenvalue weighted by atomic mass is 32.1. The molecule has 0 amide bonds. The molecule has 0 radical (unpaired) electrons. The fraction of sp³-hybridized carbons (Fsp3) is 0.545. The van der Waals surface area contributed by atoms with Crippen molar-refractivity contribution in [2.24, 2.45) is 0 Å². The van der Waals surface area contributed by atoms with E-state index in [2.05, 4.69) is 39.4 Å². The van der Waals surface area contributed by atoms with Crippen LogP contribution < -0.4 is 5.32 Å².